The quantitative estimate of drug-likeness (QED) is 0.0557. The Morgan fingerprint density at radius 2 is 0.707 bits per heavy atom. The van der Waals surface area contributed by atoms with Crippen LogP contribution in [0.2, 0.25) is 0 Å². The van der Waals surface area contributed by atoms with E-state index in [1.54, 1.807) is 0 Å². The van der Waals surface area contributed by atoms with Gasteiger partial charge in [-0.1, -0.05) is 0 Å². The summed E-state index contributed by atoms with van der Waals surface area (Å²) in [6, 6.07) is 0. The zero-order valence-electron chi connectivity index (χ0n) is 22.9. The van der Waals surface area contributed by atoms with Crippen molar-refractivity contribution >= 4 is 19.2 Å². The molecule has 0 heterocycles. The van der Waals surface area contributed by atoms with Crippen LogP contribution in [0.3, 0.4) is 0 Å². The Balaban J connectivity index is 6.87. The summed E-state index contributed by atoms with van der Waals surface area (Å²) in [6.45, 7) is -6.35. The van der Waals surface area contributed by atoms with Crippen molar-refractivity contribution in [3.8, 4) is 0 Å². The van der Waals surface area contributed by atoms with Gasteiger partial charge in [0.1, 0.15) is 0 Å². The van der Waals surface area contributed by atoms with Crippen LogP contribution in [0.5, 0.6) is 0 Å². The third-order valence-corrected chi connectivity index (χ3v) is 16.5. The van der Waals surface area contributed by atoms with Crippen LogP contribution >= 0.6 is 0 Å². The van der Waals surface area contributed by atoms with Gasteiger partial charge in [-0.2, -0.15) is 0 Å². The molecule has 0 aliphatic heterocycles. The van der Waals surface area contributed by atoms with E-state index in [4.69, 9.17) is 0 Å². The first-order valence-electron chi connectivity index (χ1n) is 13.4. The van der Waals surface area contributed by atoms with Crippen LogP contribution in [0.15, 0.2) is 0 Å². The molecule has 0 unspecified atom stereocenters. The van der Waals surface area contributed by atoms with E-state index in [-0.39, 0.29) is 12.8 Å². The third-order valence-electron chi connectivity index (χ3n) is 6.48. The monoisotopic (exact) mass is 744 g/mol. The Morgan fingerprint density at radius 1 is 0.439 bits per heavy atom. The molecule has 0 aliphatic rings. The first-order valence-corrected chi connectivity index (χ1v) is 18.6. The zero-order valence-corrected chi connectivity index (χ0v) is 25.8. The van der Waals surface area contributed by atoms with E-state index in [0.29, 0.717) is 38.5 Å². The summed E-state index contributed by atoms with van der Waals surface area (Å²) in [7, 11) is 0. The van der Waals surface area contributed by atoms with Crippen molar-refractivity contribution in [3.05, 3.63) is 0 Å². The van der Waals surface area contributed by atoms with Gasteiger partial charge >= 0.3 is 236 Å². The van der Waals surface area contributed by atoms with E-state index >= 15 is 17.6 Å². The number of halogens is 14. The Bertz CT molecular complexity index is 677. The molecule has 0 radical (unpaired) electrons. The van der Waals surface area contributed by atoms with Crippen LogP contribution in [0.4, 0.5) is 61.5 Å². The molecule has 0 aromatic carbocycles. The molecular formula is C24H38F14O2Sn. The molecule has 0 amide bonds. The molecule has 0 rings (SSSR count). The molecule has 0 aromatic rings. The van der Waals surface area contributed by atoms with E-state index in [1.807, 2.05) is 13.8 Å². The van der Waals surface area contributed by atoms with Gasteiger partial charge in [0.05, 0.1) is 0 Å². The minimum atomic E-state index is -9.50. The van der Waals surface area contributed by atoms with Crippen LogP contribution < -0.4 is 0 Å². The predicted octanol–water partition coefficient (Wildman–Crippen LogP) is 10.0. The van der Waals surface area contributed by atoms with Gasteiger partial charge in [-0.05, 0) is 0 Å². The van der Waals surface area contributed by atoms with Crippen LogP contribution in [-0.4, -0.2) is 77.3 Å². The van der Waals surface area contributed by atoms with Crippen LogP contribution in [0.25, 0.3) is 0 Å². The second-order valence-corrected chi connectivity index (χ2v) is 18.6. The maximum atomic E-state index is 15.4. The Morgan fingerprint density at radius 3 is 0.976 bits per heavy atom. The van der Waals surface area contributed by atoms with Crippen molar-refractivity contribution in [2.45, 2.75) is 122 Å². The fourth-order valence-corrected chi connectivity index (χ4v) is 13.1. The summed E-state index contributed by atoms with van der Waals surface area (Å²) < 4.78 is 194. The molecule has 0 aliphatic carbocycles. The summed E-state index contributed by atoms with van der Waals surface area (Å²) in [5.41, 5.74) is 0. The number of hydrogen-bond donors (Lipinski definition) is 0. The van der Waals surface area contributed by atoms with E-state index in [0.717, 1.165) is 12.8 Å². The van der Waals surface area contributed by atoms with Gasteiger partial charge in [0.2, 0.25) is 0 Å². The summed E-state index contributed by atoms with van der Waals surface area (Å²) in [4.78, 5) is 0. The second kappa shape index (κ2) is 16.7. The van der Waals surface area contributed by atoms with Gasteiger partial charge in [0.25, 0.3) is 0 Å². The second-order valence-electron chi connectivity index (χ2n) is 9.82. The topological polar surface area (TPSA) is 18.5 Å². The average molecular weight is 743 g/mol. The average Bonchev–Trinajstić information content (AvgIpc) is 2.89. The molecule has 0 spiro atoms. The van der Waals surface area contributed by atoms with Crippen molar-refractivity contribution in [3.63, 3.8) is 0 Å². The SMILES string of the molecule is CCCCCCCC[O][Sn]([O]CCCCCCCC)([C](F)(F)C(F)(F)C(F)(F)CF)[C](F)(F)C(F)(F)C(F)(F)CF. The van der Waals surface area contributed by atoms with E-state index < -0.39 is 90.2 Å². The zero-order chi connectivity index (χ0) is 32.2. The Labute approximate surface area is 235 Å². The molecule has 248 valence electrons. The number of unbranched alkanes of at least 4 members (excludes halogenated alkanes) is 10. The predicted molar refractivity (Wildman–Crippen MR) is 126 cm³/mol. The van der Waals surface area contributed by atoms with Crippen molar-refractivity contribution in [2.24, 2.45) is 0 Å². The first-order chi connectivity index (χ1) is 18.7. The van der Waals surface area contributed by atoms with Gasteiger partial charge in [0.15, 0.2) is 0 Å². The molecule has 17 heteroatoms. The number of hydrogen-bond acceptors (Lipinski definition) is 2. The number of alkyl halides is 14. The van der Waals surface area contributed by atoms with Crippen molar-refractivity contribution in [1.82, 2.24) is 0 Å². The molecule has 0 N–H and O–H groups in total. The molecule has 41 heavy (non-hydrogen) atoms. The standard InChI is InChI=1S/2C8H17O.2C4H2F7.Sn/c2*1-2-3-4-5-6-7-8-9;2*5-1-3(8,9)4(10,11)2(6)7;/h2*2-8H2,1H3;2*1H2;/q2*-1;;;+2. The molecule has 0 atom stereocenters. The van der Waals surface area contributed by atoms with Crippen LogP contribution in [0, 0.1) is 0 Å². The van der Waals surface area contributed by atoms with E-state index in [9.17, 15) is 43.9 Å². The van der Waals surface area contributed by atoms with Gasteiger partial charge < -0.3 is 0 Å². The van der Waals surface area contributed by atoms with Gasteiger partial charge in [0, 0.05) is 0 Å². The van der Waals surface area contributed by atoms with Gasteiger partial charge in [-0.3, -0.25) is 0 Å². The molecule has 0 aromatic heterocycles. The summed E-state index contributed by atoms with van der Waals surface area (Å²) in [5, 5.41) is 0. The normalized spacial score (nSPS) is 14.6. The van der Waals surface area contributed by atoms with E-state index in [2.05, 4.69) is 6.15 Å². The van der Waals surface area contributed by atoms with E-state index in [1.165, 1.54) is 0 Å². The molecule has 0 bridgehead atoms. The molecule has 0 saturated carbocycles. The Kier molecular flexibility index (Phi) is 16.6. The van der Waals surface area contributed by atoms with Crippen molar-refractivity contribution in [1.29, 1.82) is 0 Å². The Hall–Kier alpha value is -0.261. The third kappa shape index (κ3) is 8.90. The summed E-state index contributed by atoms with van der Waals surface area (Å²) >= 11 is -9.50. The van der Waals surface area contributed by atoms with Gasteiger partial charge in [-0.15, -0.1) is 0 Å². The molecule has 0 saturated heterocycles. The molecular weight excluding hydrogens is 705 g/mol. The van der Waals surface area contributed by atoms with Crippen LogP contribution in [-0.2, 0) is 6.15 Å². The summed E-state index contributed by atoms with van der Waals surface area (Å²) in [5.74, 6) is -27.1. The van der Waals surface area contributed by atoms with Crippen molar-refractivity contribution in [2.75, 3.05) is 26.6 Å². The van der Waals surface area contributed by atoms with Crippen LogP contribution in [0.1, 0.15) is 90.9 Å². The summed E-state index contributed by atoms with van der Waals surface area (Å²) in [6.07, 6.45) is 3.46. The first kappa shape index (κ1) is 40.7. The molecule has 0 fully saturated rings. The molecule has 2 nitrogen and oxygen atoms in total. The van der Waals surface area contributed by atoms with Crippen molar-refractivity contribution < 1.29 is 67.6 Å². The fourth-order valence-electron chi connectivity index (χ4n) is 3.84. The fraction of sp³-hybridized carbons (Fsp3) is 1.00. The maximum absolute atomic E-state index is 15.4. The van der Waals surface area contributed by atoms with Gasteiger partial charge in [-0.25, -0.2) is 0 Å². The number of rotatable bonds is 24. The minimum absolute atomic E-state index is 0.00934.